The van der Waals surface area contributed by atoms with Crippen molar-refractivity contribution in [3.8, 4) is 0 Å². The maximum Gasteiger partial charge on any atom is 0.269 e. The van der Waals surface area contributed by atoms with Crippen LogP contribution in [-0.4, -0.2) is 35.5 Å². The zero-order valence-electron chi connectivity index (χ0n) is 11.0. The Bertz CT molecular complexity index is 528. The maximum absolute atomic E-state index is 11.6. The summed E-state index contributed by atoms with van der Waals surface area (Å²) < 4.78 is 0. The highest BCUT2D eigenvalue weighted by atomic mass is 16.6. The number of rotatable bonds is 4. The van der Waals surface area contributed by atoms with E-state index >= 15 is 0 Å². The first-order chi connectivity index (χ1) is 9.61. The number of benzene rings is 1. The van der Waals surface area contributed by atoms with Crippen LogP contribution in [-0.2, 0) is 4.79 Å². The molecule has 1 heterocycles. The van der Waals surface area contributed by atoms with Crippen molar-refractivity contribution in [3.63, 3.8) is 0 Å². The Kier molecular flexibility index (Phi) is 4.24. The summed E-state index contributed by atoms with van der Waals surface area (Å²) in [5, 5.41) is 22.8. The first-order valence-corrected chi connectivity index (χ1v) is 6.26. The Labute approximate surface area is 115 Å². The molecule has 1 N–H and O–H groups in total. The van der Waals surface area contributed by atoms with Gasteiger partial charge >= 0.3 is 0 Å². The first kappa shape index (κ1) is 13.9. The second-order valence-electron chi connectivity index (χ2n) is 4.40. The first-order valence-electron chi connectivity index (χ1n) is 6.26. The molecule has 0 unspecified atom stereocenters. The summed E-state index contributed by atoms with van der Waals surface area (Å²) in [6.45, 7) is 0.675. The summed E-state index contributed by atoms with van der Waals surface area (Å²) in [6, 6.07) is 5.49. The molecular weight excluding hydrogens is 262 g/mol. The van der Waals surface area contributed by atoms with E-state index in [4.69, 9.17) is 0 Å². The second kappa shape index (κ2) is 6.09. The van der Waals surface area contributed by atoms with Crippen LogP contribution in [0.15, 0.2) is 34.6 Å². The zero-order valence-corrected chi connectivity index (χ0v) is 11.0. The van der Waals surface area contributed by atoms with E-state index in [9.17, 15) is 14.9 Å². The van der Waals surface area contributed by atoms with Crippen LogP contribution in [0.3, 0.4) is 0 Å². The van der Waals surface area contributed by atoms with Gasteiger partial charge in [0.15, 0.2) is 0 Å². The summed E-state index contributed by atoms with van der Waals surface area (Å²) in [7, 11) is 1.59. The number of nitro groups is 1. The minimum atomic E-state index is -0.469. The number of nitrogens with one attached hydrogen (secondary N) is 1. The van der Waals surface area contributed by atoms with E-state index in [2.05, 4.69) is 15.7 Å². The molecule has 1 aromatic rings. The van der Waals surface area contributed by atoms with Gasteiger partial charge in [-0.15, -0.1) is 5.11 Å². The number of hydrogen-bond acceptors (Lipinski definition) is 5. The van der Waals surface area contributed by atoms with Crippen molar-refractivity contribution < 1.29 is 9.72 Å². The third-order valence-corrected chi connectivity index (χ3v) is 3.11. The Balaban J connectivity index is 2.05. The third-order valence-electron chi connectivity index (χ3n) is 3.11. The monoisotopic (exact) mass is 277 g/mol. The van der Waals surface area contributed by atoms with Crippen molar-refractivity contribution in [1.29, 1.82) is 0 Å². The fourth-order valence-electron chi connectivity index (χ4n) is 2.04. The molecule has 1 amide bonds. The lowest BCUT2D eigenvalue weighted by molar-refractivity contribution is -0.384. The van der Waals surface area contributed by atoms with Crippen LogP contribution in [0, 0.1) is 10.1 Å². The smallest absolute Gasteiger partial charge is 0.269 e. The van der Waals surface area contributed by atoms with Gasteiger partial charge in [-0.1, -0.05) is 5.22 Å². The van der Waals surface area contributed by atoms with Crippen LogP contribution in [0.2, 0.25) is 0 Å². The number of carbonyl (C=O) groups is 1. The number of carbonyl (C=O) groups excluding carboxylic acids is 1. The Morgan fingerprint density at radius 2 is 2.15 bits per heavy atom. The normalized spacial score (nSPS) is 18.4. The number of nitro benzene ring substituents is 1. The molecule has 1 aliphatic rings. The van der Waals surface area contributed by atoms with Crippen molar-refractivity contribution in [2.24, 2.45) is 10.3 Å². The number of non-ortho nitro benzene ring substituents is 1. The lowest BCUT2D eigenvalue weighted by Crippen LogP contribution is -2.39. The molecule has 0 spiro atoms. The quantitative estimate of drug-likeness (QED) is 0.515. The highest BCUT2D eigenvalue weighted by molar-refractivity contribution is 5.81. The van der Waals surface area contributed by atoms with E-state index in [1.807, 2.05) is 0 Å². The molecule has 0 bridgehead atoms. The summed E-state index contributed by atoms with van der Waals surface area (Å²) in [4.78, 5) is 21.7. The molecule has 0 saturated carbocycles. The molecule has 8 nitrogen and oxygen atoms in total. The Morgan fingerprint density at radius 1 is 1.45 bits per heavy atom. The predicted molar refractivity (Wildman–Crippen MR) is 71.4 cm³/mol. The molecule has 20 heavy (non-hydrogen) atoms. The van der Waals surface area contributed by atoms with Gasteiger partial charge in [-0.25, -0.2) is 0 Å². The van der Waals surface area contributed by atoms with Gasteiger partial charge in [-0.3, -0.25) is 19.9 Å². The van der Waals surface area contributed by atoms with Crippen molar-refractivity contribution in [3.05, 3.63) is 34.4 Å². The van der Waals surface area contributed by atoms with Crippen molar-refractivity contribution in [2.75, 3.05) is 13.6 Å². The van der Waals surface area contributed by atoms with Crippen LogP contribution in [0.25, 0.3) is 0 Å². The van der Waals surface area contributed by atoms with Crippen LogP contribution in [0.1, 0.15) is 12.8 Å². The fourth-order valence-corrected chi connectivity index (χ4v) is 2.04. The van der Waals surface area contributed by atoms with Crippen molar-refractivity contribution >= 4 is 17.3 Å². The van der Waals surface area contributed by atoms with Gasteiger partial charge in [0.1, 0.15) is 6.04 Å². The Hall–Kier alpha value is -2.51. The second-order valence-corrected chi connectivity index (χ2v) is 4.40. The van der Waals surface area contributed by atoms with Crippen molar-refractivity contribution in [2.45, 2.75) is 18.9 Å². The molecule has 1 aliphatic heterocycles. The average Bonchev–Trinajstić information content (AvgIpc) is 2.93. The number of hydrogen-bond donors (Lipinski definition) is 1. The van der Waals surface area contributed by atoms with Gasteiger partial charge < -0.3 is 5.32 Å². The van der Waals surface area contributed by atoms with E-state index in [-0.39, 0.29) is 17.6 Å². The van der Waals surface area contributed by atoms with E-state index in [0.29, 0.717) is 12.2 Å². The van der Waals surface area contributed by atoms with Crippen molar-refractivity contribution in [1.82, 2.24) is 10.3 Å². The van der Waals surface area contributed by atoms with Gasteiger partial charge in [0.2, 0.25) is 5.91 Å². The number of amides is 1. The fraction of sp³-hybridized carbons (Fsp3) is 0.417. The SMILES string of the molecule is CNC(=O)[C@H]1CCCN1N=Nc1ccc([N+](=O)[O-])cc1. The Morgan fingerprint density at radius 3 is 2.75 bits per heavy atom. The lowest BCUT2D eigenvalue weighted by Gasteiger charge is -2.17. The molecule has 1 atom stereocenters. The van der Waals surface area contributed by atoms with E-state index in [1.165, 1.54) is 24.3 Å². The number of likely N-dealkylation sites (N-methyl/N-ethyl adjacent to an activating group) is 1. The molecule has 0 aliphatic carbocycles. The minimum Gasteiger partial charge on any atom is -0.357 e. The van der Waals surface area contributed by atoms with Crippen LogP contribution >= 0.6 is 0 Å². The molecule has 106 valence electrons. The maximum atomic E-state index is 11.6. The van der Waals surface area contributed by atoms with Gasteiger partial charge in [0, 0.05) is 25.7 Å². The van der Waals surface area contributed by atoms with Gasteiger partial charge in [-0.05, 0) is 25.0 Å². The zero-order chi connectivity index (χ0) is 14.5. The summed E-state index contributed by atoms with van der Waals surface area (Å²) in [5.74, 6) is -0.0786. The molecule has 1 aromatic carbocycles. The molecule has 0 radical (unpaired) electrons. The topological polar surface area (TPSA) is 100 Å². The van der Waals surface area contributed by atoms with Crippen LogP contribution in [0.5, 0.6) is 0 Å². The minimum absolute atomic E-state index is 0.00774. The summed E-state index contributed by atoms with van der Waals surface area (Å²) in [6.07, 6.45) is 1.64. The van der Waals surface area contributed by atoms with E-state index in [1.54, 1.807) is 12.1 Å². The van der Waals surface area contributed by atoms with Crippen LogP contribution in [0.4, 0.5) is 11.4 Å². The average molecular weight is 277 g/mol. The predicted octanol–water partition coefficient (Wildman–Crippen LogP) is 1.80. The molecule has 1 fully saturated rings. The molecule has 0 aromatic heterocycles. The highest BCUT2D eigenvalue weighted by Crippen LogP contribution is 2.22. The van der Waals surface area contributed by atoms with Gasteiger partial charge in [0.25, 0.3) is 5.69 Å². The van der Waals surface area contributed by atoms with Gasteiger partial charge in [0.05, 0.1) is 10.6 Å². The summed E-state index contributed by atoms with van der Waals surface area (Å²) >= 11 is 0. The largest absolute Gasteiger partial charge is 0.357 e. The van der Waals surface area contributed by atoms with E-state index < -0.39 is 4.92 Å². The van der Waals surface area contributed by atoms with Crippen LogP contribution < -0.4 is 5.32 Å². The number of nitrogens with zero attached hydrogens (tertiary/aromatic N) is 4. The summed E-state index contributed by atoms with van der Waals surface area (Å²) in [5.41, 5.74) is 0.520. The lowest BCUT2D eigenvalue weighted by atomic mass is 10.2. The van der Waals surface area contributed by atoms with Gasteiger partial charge in [-0.2, -0.15) is 0 Å². The molecule has 2 rings (SSSR count). The standard InChI is InChI=1S/C12H15N5O3/c1-13-12(18)11-3-2-8-16(11)15-14-9-4-6-10(7-5-9)17(19)20/h4-7,11H,2-3,8H2,1H3,(H,13,18)/t11-/m1/s1. The molecule has 8 heteroatoms. The highest BCUT2D eigenvalue weighted by Gasteiger charge is 2.29. The molecule has 1 saturated heterocycles. The molecular formula is C12H15N5O3. The van der Waals surface area contributed by atoms with E-state index in [0.717, 1.165) is 12.8 Å². The third kappa shape index (κ3) is 3.08.